The lowest BCUT2D eigenvalue weighted by molar-refractivity contribution is -0.141. The van der Waals surface area contributed by atoms with Gasteiger partial charge in [0.2, 0.25) is 0 Å². The monoisotopic (exact) mass is 234 g/mol. The molecule has 0 bridgehead atoms. The van der Waals surface area contributed by atoms with Crippen LogP contribution < -0.4 is 5.73 Å². The highest BCUT2D eigenvalue weighted by Crippen LogP contribution is 2.22. The Hall–Kier alpha value is -1.88. The summed E-state index contributed by atoms with van der Waals surface area (Å²) >= 11 is 0. The quantitative estimate of drug-likeness (QED) is 0.843. The van der Waals surface area contributed by atoms with Crippen molar-refractivity contribution in [3.63, 3.8) is 0 Å². The van der Waals surface area contributed by atoms with Crippen molar-refractivity contribution in [2.24, 2.45) is 11.7 Å². The Labute approximate surface area is 98.2 Å². The molecule has 90 valence electrons. The molecule has 0 spiro atoms. The third-order valence-corrected chi connectivity index (χ3v) is 2.81. The summed E-state index contributed by atoms with van der Waals surface area (Å²) in [6.07, 6.45) is 1.77. The van der Waals surface area contributed by atoms with E-state index in [4.69, 9.17) is 15.3 Å². The van der Waals surface area contributed by atoms with Crippen LogP contribution in [0, 0.1) is 5.92 Å². The molecule has 1 heterocycles. The molecule has 2 aromatic rings. The number of oxazole rings is 1. The van der Waals surface area contributed by atoms with Gasteiger partial charge in [-0.25, -0.2) is 4.98 Å². The van der Waals surface area contributed by atoms with Gasteiger partial charge < -0.3 is 15.3 Å². The van der Waals surface area contributed by atoms with Crippen LogP contribution in [0.5, 0.6) is 0 Å². The predicted molar refractivity (Wildman–Crippen MR) is 62.4 cm³/mol. The number of benzene rings is 1. The topological polar surface area (TPSA) is 89.4 Å². The first-order chi connectivity index (χ1) is 8.08. The molecule has 0 radical (unpaired) electrons. The predicted octanol–water partition coefficient (Wildman–Crippen LogP) is 1.94. The van der Waals surface area contributed by atoms with Crippen molar-refractivity contribution in [1.82, 2.24) is 4.98 Å². The fourth-order valence-corrected chi connectivity index (χ4v) is 1.72. The van der Waals surface area contributed by atoms with Gasteiger partial charge in [-0.2, -0.15) is 0 Å². The fraction of sp³-hybridized carbons (Fsp3) is 0.333. The molecule has 2 unspecified atom stereocenters. The average molecular weight is 234 g/mol. The molecule has 1 aromatic carbocycles. The van der Waals surface area contributed by atoms with Crippen LogP contribution >= 0.6 is 0 Å². The summed E-state index contributed by atoms with van der Waals surface area (Å²) in [6, 6.07) is 5.17. The van der Waals surface area contributed by atoms with E-state index in [1.54, 1.807) is 6.92 Å². The Morgan fingerprint density at radius 1 is 1.59 bits per heavy atom. The van der Waals surface area contributed by atoms with Crippen LogP contribution in [0.3, 0.4) is 0 Å². The van der Waals surface area contributed by atoms with E-state index in [1.165, 1.54) is 6.39 Å². The molecule has 1 aromatic heterocycles. The van der Waals surface area contributed by atoms with E-state index in [2.05, 4.69) is 4.98 Å². The zero-order valence-corrected chi connectivity index (χ0v) is 9.46. The normalized spacial score (nSPS) is 14.7. The molecular formula is C12H14N2O3. The Bertz CT molecular complexity index is 535. The summed E-state index contributed by atoms with van der Waals surface area (Å²) < 4.78 is 5.18. The number of hydrogen-bond acceptors (Lipinski definition) is 4. The van der Waals surface area contributed by atoms with Crippen molar-refractivity contribution < 1.29 is 14.3 Å². The van der Waals surface area contributed by atoms with E-state index in [0.29, 0.717) is 12.0 Å². The van der Waals surface area contributed by atoms with Crippen LogP contribution in [0.4, 0.5) is 0 Å². The lowest BCUT2D eigenvalue weighted by Gasteiger charge is -2.14. The first-order valence-electron chi connectivity index (χ1n) is 5.39. The van der Waals surface area contributed by atoms with Gasteiger partial charge in [-0.05, 0) is 24.1 Å². The molecule has 17 heavy (non-hydrogen) atoms. The van der Waals surface area contributed by atoms with Crippen LogP contribution in [0.25, 0.3) is 11.1 Å². The minimum Gasteiger partial charge on any atom is -0.481 e. The number of rotatable bonds is 4. The number of carboxylic acid groups (broad SMARTS) is 1. The van der Waals surface area contributed by atoms with E-state index in [-0.39, 0.29) is 6.04 Å². The zero-order valence-electron chi connectivity index (χ0n) is 9.46. The van der Waals surface area contributed by atoms with E-state index < -0.39 is 11.9 Å². The lowest BCUT2D eigenvalue weighted by Crippen LogP contribution is -2.19. The number of hydrogen-bond donors (Lipinski definition) is 2. The summed E-state index contributed by atoms with van der Waals surface area (Å²) in [4.78, 5) is 14.8. The molecule has 0 aliphatic carbocycles. The first-order valence-corrected chi connectivity index (χ1v) is 5.39. The zero-order chi connectivity index (χ0) is 12.4. The number of carbonyl (C=O) groups is 1. The third kappa shape index (κ3) is 2.45. The van der Waals surface area contributed by atoms with E-state index in [9.17, 15) is 4.79 Å². The summed E-state index contributed by atoms with van der Waals surface area (Å²) in [5, 5.41) is 8.83. The molecule has 5 heteroatoms. The summed E-state index contributed by atoms with van der Waals surface area (Å²) in [6.45, 7) is 1.65. The number of aliphatic carboxylic acids is 1. The SMILES string of the molecule is CC(CC(N)c1ccc2ncoc2c1)C(=O)O. The van der Waals surface area contributed by atoms with Crippen LogP contribution in [-0.4, -0.2) is 16.1 Å². The second-order valence-electron chi connectivity index (χ2n) is 4.16. The maximum Gasteiger partial charge on any atom is 0.306 e. The van der Waals surface area contributed by atoms with Gasteiger partial charge in [0.1, 0.15) is 5.52 Å². The standard InChI is InChI=1S/C12H14N2O3/c1-7(12(15)16)4-9(13)8-2-3-10-11(5-8)17-6-14-10/h2-3,5-7,9H,4,13H2,1H3,(H,15,16). The Morgan fingerprint density at radius 3 is 3.06 bits per heavy atom. The maximum absolute atomic E-state index is 10.8. The smallest absolute Gasteiger partial charge is 0.306 e. The number of nitrogens with zero attached hydrogens (tertiary/aromatic N) is 1. The largest absolute Gasteiger partial charge is 0.481 e. The van der Waals surface area contributed by atoms with E-state index in [0.717, 1.165) is 11.1 Å². The van der Waals surface area contributed by atoms with Crippen molar-refractivity contribution in [1.29, 1.82) is 0 Å². The minimum atomic E-state index is -0.832. The first kappa shape index (κ1) is 11.6. The van der Waals surface area contributed by atoms with Crippen LogP contribution in [0.15, 0.2) is 29.0 Å². The highest BCUT2D eigenvalue weighted by Gasteiger charge is 2.17. The Kier molecular flexibility index (Phi) is 3.10. The Morgan fingerprint density at radius 2 is 2.35 bits per heavy atom. The molecule has 5 nitrogen and oxygen atoms in total. The fourth-order valence-electron chi connectivity index (χ4n) is 1.72. The van der Waals surface area contributed by atoms with Crippen molar-refractivity contribution in [3.05, 3.63) is 30.2 Å². The minimum absolute atomic E-state index is 0.310. The summed E-state index contributed by atoms with van der Waals surface area (Å²) in [5.41, 5.74) is 8.27. The molecule has 0 fully saturated rings. The van der Waals surface area contributed by atoms with Crippen LogP contribution in [-0.2, 0) is 4.79 Å². The van der Waals surface area contributed by atoms with E-state index in [1.807, 2.05) is 18.2 Å². The van der Waals surface area contributed by atoms with Crippen LogP contribution in [0.2, 0.25) is 0 Å². The molecule has 0 saturated carbocycles. The molecule has 0 saturated heterocycles. The molecule has 2 rings (SSSR count). The second kappa shape index (κ2) is 4.55. The van der Waals surface area contributed by atoms with Crippen molar-refractivity contribution in [2.45, 2.75) is 19.4 Å². The molecule has 0 aliphatic heterocycles. The second-order valence-corrected chi connectivity index (χ2v) is 4.16. The van der Waals surface area contributed by atoms with Crippen molar-refractivity contribution in [2.75, 3.05) is 0 Å². The van der Waals surface area contributed by atoms with Gasteiger partial charge in [0.15, 0.2) is 12.0 Å². The van der Waals surface area contributed by atoms with E-state index >= 15 is 0 Å². The lowest BCUT2D eigenvalue weighted by atomic mass is 9.96. The maximum atomic E-state index is 10.8. The Balaban J connectivity index is 2.18. The molecule has 0 aliphatic rings. The number of fused-ring (bicyclic) bond motifs is 1. The molecule has 0 amide bonds. The highest BCUT2D eigenvalue weighted by molar-refractivity contribution is 5.73. The number of carboxylic acids is 1. The van der Waals surface area contributed by atoms with Crippen LogP contribution in [0.1, 0.15) is 24.9 Å². The van der Waals surface area contributed by atoms with Gasteiger partial charge in [0.25, 0.3) is 0 Å². The van der Waals surface area contributed by atoms with Crippen molar-refractivity contribution in [3.8, 4) is 0 Å². The third-order valence-electron chi connectivity index (χ3n) is 2.81. The van der Waals surface area contributed by atoms with Gasteiger partial charge in [-0.3, -0.25) is 4.79 Å². The summed E-state index contributed by atoms with van der Waals surface area (Å²) in [7, 11) is 0. The van der Waals surface area contributed by atoms with Gasteiger partial charge >= 0.3 is 5.97 Å². The molecular weight excluding hydrogens is 220 g/mol. The van der Waals surface area contributed by atoms with Gasteiger partial charge in [-0.15, -0.1) is 0 Å². The van der Waals surface area contributed by atoms with Gasteiger partial charge in [0, 0.05) is 6.04 Å². The number of aromatic nitrogens is 1. The van der Waals surface area contributed by atoms with Crippen molar-refractivity contribution >= 4 is 17.1 Å². The summed E-state index contributed by atoms with van der Waals surface area (Å²) in [5.74, 6) is -1.29. The highest BCUT2D eigenvalue weighted by atomic mass is 16.4. The van der Waals surface area contributed by atoms with Gasteiger partial charge in [0.05, 0.1) is 5.92 Å². The average Bonchev–Trinajstić information content (AvgIpc) is 2.75. The number of nitrogens with two attached hydrogens (primary N) is 1. The molecule has 3 N–H and O–H groups in total. The molecule has 2 atom stereocenters. The van der Waals surface area contributed by atoms with Gasteiger partial charge in [-0.1, -0.05) is 13.0 Å².